The van der Waals surface area contributed by atoms with Gasteiger partial charge in [-0.2, -0.15) is 5.26 Å². The molecule has 0 amide bonds. The molecule has 0 aliphatic carbocycles. The summed E-state index contributed by atoms with van der Waals surface area (Å²) in [5.74, 6) is -0.443. The normalized spacial score (nSPS) is 11.9. The molecule has 1 unspecified atom stereocenters. The number of nitriles is 1. The summed E-state index contributed by atoms with van der Waals surface area (Å²) < 4.78 is 5.24. The Morgan fingerprint density at radius 2 is 2.09 bits per heavy atom. The first-order valence-corrected chi connectivity index (χ1v) is 7.63. The van der Waals surface area contributed by atoms with Gasteiger partial charge in [-0.3, -0.25) is 4.98 Å². The molecule has 22 heavy (non-hydrogen) atoms. The number of ether oxygens (including phenoxy) is 1. The molecule has 0 radical (unpaired) electrons. The van der Waals surface area contributed by atoms with E-state index in [0.29, 0.717) is 12.0 Å². The van der Waals surface area contributed by atoms with Crippen molar-refractivity contribution in [3.05, 3.63) is 41.1 Å². The second-order valence-electron chi connectivity index (χ2n) is 5.21. The zero-order valence-corrected chi connectivity index (χ0v) is 13.2. The maximum atomic E-state index is 12.6. The Morgan fingerprint density at radius 1 is 1.36 bits per heavy atom. The molecule has 1 aromatic carbocycles. The van der Waals surface area contributed by atoms with E-state index in [0.717, 1.165) is 35.0 Å². The number of fused-ring (bicyclic) bond motifs is 1. The number of aromatic nitrogens is 1. The van der Waals surface area contributed by atoms with Crippen molar-refractivity contribution in [2.24, 2.45) is 0 Å². The lowest BCUT2D eigenvalue weighted by molar-refractivity contribution is 0.0436. The Balaban J connectivity index is 2.67. The predicted octanol–water partition coefficient (Wildman–Crippen LogP) is 3.82. The Kier molecular flexibility index (Phi) is 5.11. The van der Waals surface area contributed by atoms with Crippen LogP contribution in [-0.4, -0.2) is 17.1 Å². The van der Waals surface area contributed by atoms with Crippen LogP contribution in [0.1, 0.15) is 48.8 Å². The van der Waals surface area contributed by atoms with Gasteiger partial charge in [-0.15, -0.1) is 0 Å². The molecule has 0 saturated heterocycles. The summed E-state index contributed by atoms with van der Waals surface area (Å²) >= 11 is 0. The van der Waals surface area contributed by atoms with E-state index in [1.54, 1.807) is 6.92 Å². The standard InChI is InChI=1S/C18H20N2O2/c1-4-8-15-13(5-2)17(18(21)22-12(3)11-19)14-9-6-7-10-16(14)20-15/h6-7,9-10,12H,4-5,8H2,1-3H3. The molecular weight excluding hydrogens is 276 g/mol. The van der Waals surface area contributed by atoms with Crippen LogP contribution in [0, 0.1) is 11.3 Å². The monoisotopic (exact) mass is 296 g/mol. The van der Waals surface area contributed by atoms with Crippen molar-refractivity contribution in [3.63, 3.8) is 0 Å². The molecule has 4 nitrogen and oxygen atoms in total. The second kappa shape index (κ2) is 7.04. The number of carbonyl (C=O) groups is 1. The van der Waals surface area contributed by atoms with Gasteiger partial charge < -0.3 is 4.74 Å². The zero-order valence-electron chi connectivity index (χ0n) is 13.2. The highest BCUT2D eigenvalue weighted by molar-refractivity contribution is 6.05. The molecule has 0 aliphatic heterocycles. The van der Waals surface area contributed by atoms with Crippen LogP contribution in [0.5, 0.6) is 0 Å². The van der Waals surface area contributed by atoms with Gasteiger partial charge in [-0.25, -0.2) is 4.79 Å². The number of aryl methyl sites for hydroxylation is 1. The highest BCUT2D eigenvalue weighted by Crippen LogP contribution is 2.26. The van der Waals surface area contributed by atoms with Gasteiger partial charge in [0, 0.05) is 11.1 Å². The van der Waals surface area contributed by atoms with Crippen LogP contribution in [-0.2, 0) is 17.6 Å². The summed E-state index contributed by atoms with van der Waals surface area (Å²) in [5, 5.41) is 9.66. The first kappa shape index (κ1) is 16.0. The Labute approximate surface area is 130 Å². The van der Waals surface area contributed by atoms with Gasteiger partial charge in [0.15, 0.2) is 6.10 Å². The summed E-state index contributed by atoms with van der Waals surface area (Å²) in [5.41, 5.74) is 3.22. The van der Waals surface area contributed by atoms with Crippen molar-refractivity contribution in [3.8, 4) is 6.07 Å². The zero-order chi connectivity index (χ0) is 16.1. The van der Waals surface area contributed by atoms with E-state index in [1.807, 2.05) is 37.3 Å². The number of benzene rings is 1. The Hall–Kier alpha value is -2.41. The molecule has 2 aromatic rings. The van der Waals surface area contributed by atoms with Crippen molar-refractivity contribution in [1.29, 1.82) is 5.26 Å². The molecule has 4 heteroatoms. The van der Waals surface area contributed by atoms with Gasteiger partial charge >= 0.3 is 5.97 Å². The molecule has 0 bridgehead atoms. The van der Waals surface area contributed by atoms with Crippen molar-refractivity contribution in [2.75, 3.05) is 0 Å². The molecule has 0 fully saturated rings. The molecule has 2 rings (SSSR count). The fourth-order valence-electron chi connectivity index (χ4n) is 2.61. The molecular formula is C18H20N2O2. The van der Waals surface area contributed by atoms with Gasteiger partial charge in [0.05, 0.1) is 11.1 Å². The van der Waals surface area contributed by atoms with Crippen LogP contribution in [0.3, 0.4) is 0 Å². The average molecular weight is 296 g/mol. The maximum Gasteiger partial charge on any atom is 0.340 e. The molecule has 1 aromatic heterocycles. The van der Waals surface area contributed by atoms with Crippen molar-refractivity contribution in [1.82, 2.24) is 4.98 Å². The Bertz CT molecular complexity index is 732. The second-order valence-corrected chi connectivity index (χ2v) is 5.21. The molecule has 1 atom stereocenters. The lowest BCUT2D eigenvalue weighted by atomic mass is 9.96. The first-order chi connectivity index (χ1) is 10.6. The molecule has 114 valence electrons. The number of hydrogen-bond donors (Lipinski definition) is 0. The van der Waals surface area contributed by atoms with Gasteiger partial charge in [0.1, 0.15) is 6.07 Å². The van der Waals surface area contributed by atoms with E-state index in [9.17, 15) is 4.79 Å². The lowest BCUT2D eigenvalue weighted by Crippen LogP contribution is -2.17. The van der Waals surface area contributed by atoms with Crippen LogP contribution < -0.4 is 0 Å². The molecule has 0 N–H and O–H groups in total. The summed E-state index contributed by atoms with van der Waals surface area (Å²) in [6.45, 7) is 5.67. The number of rotatable bonds is 5. The van der Waals surface area contributed by atoms with Gasteiger partial charge in [0.2, 0.25) is 0 Å². The fourth-order valence-corrected chi connectivity index (χ4v) is 2.61. The van der Waals surface area contributed by atoms with E-state index in [4.69, 9.17) is 15.0 Å². The summed E-state index contributed by atoms with van der Waals surface area (Å²) in [6.07, 6.45) is 1.72. The minimum atomic E-state index is -0.765. The number of para-hydroxylation sites is 1. The third-order valence-electron chi connectivity index (χ3n) is 3.59. The molecule has 1 heterocycles. The summed E-state index contributed by atoms with van der Waals surface area (Å²) in [6, 6.07) is 9.50. The van der Waals surface area contributed by atoms with Gasteiger partial charge in [-0.1, -0.05) is 38.5 Å². The van der Waals surface area contributed by atoms with Crippen LogP contribution in [0.2, 0.25) is 0 Å². The topological polar surface area (TPSA) is 63.0 Å². The van der Waals surface area contributed by atoms with E-state index < -0.39 is 12.1 Å². The SMILES string of the molecule is CCCc1nc2ccccc2c(C(=O)OC(C)C#N)c1CC. The third-order valence-corrected chi connectivity index (χ3v) is 3.59. The summed E-state index contributed by atoms with van der Waals surface area (Å²) in [4.78, 5) is 17.3. The summed E-state index contributed by atoms with van der Waals surface area (Å²) in [7, 11) is 0. The fraction of sp³-hybridized carbons (Fsp3) is 0.389. The minimum Gasteiger partial charge on any atom is -0.444 e. The number of carbonyl (C=O) groups excluding carboxylic acids is 1. The van der Waals surface area contributed by atoms with Crippen molar-refractivity contribution < 1.29 is 9.53 Å². The number of nitrogens with zero attached hydrogens (tertiary/aromatic N) is 2. The highest BCUT2D eigenvalue weighted by Gasteiger charge is 2.21. The number of esters is 1. The van der Waals surface area contributed by atoms with E-state index >= 15 is 0 Å². The van der Waals surface area contributed by atoms with E-state index in [1.165, 1.54) is 0 Å². The van der Waals surface area contributed by atoms with Crippen LogP contribution >= 0.6 is 0 Å². The molecule has 0 saturated carbocycles. The first-order valence-electron chi connectivity index (χ1n) is 7.63. The van der Waals surface area contributed by atoms with Crippen LogP contribution in [0.25, 0.3) is 10.9 Å². The average Bonchev–Trinajstić information content (AvgIpc) is 2.53. The minimum absolute atomic E-state index is 0.443. The van der Waals surface area contributed by atoms with Gasteiger partial charge in [0.25, 0.3) is 0 Å². The Morgan fingerprint density at radius 3 is 2.73 bits per heavy atom. The quantitative estimate of drug-likeness (QED) is 0.787. The van der Waals surface area contributed by atoms with Crippen LogP contribution in [0.15, 0.2) is 24.3 Å². The van der Waals surface area contributed by atoms with E-state index in [-0.39, 0.29) is 0 Å². The van der Waals surface area contributed by atoms with Crippen molar-refractivity contribution in [2.45, 2.75) is 46.1 Å². The molecule has 0 aliphatic rings. The third kappa shape index (κ3) is 3.09. The van der Waals surface area contributed by atoms with Gasteiger partial charge in [-0.05, 0) is 31.4 Å². The molecule has 0 spiro atoms. The highest BCUT2D eigenvalue weighted by atomic mass is 16.5. The predicted molar refractivity (Wildman–Crippen MR) is 85.6 cm³/mol. The van der Waals surface area contributed by atoms with Crippen molar-refractivity contribution >= 4 is 16.9 Å². The lowest BCUT2D eigenvalue weighted by Gasteiger charge is -2.16. The smallest absolute Gasteiger partial charge is 0.340 e. The van der Waals surface area contributed by atoms with Crippen LogP contribution in [0.4, 0.5) is 0 Å². The number of pyridine rings is 1. The number of hydrogen-bond acceptors (Lipinski definition) is 4. The van der Waals surface area contributed by atoms with E-state index in [2.05, 4.69) is 6.92 Å². The largest absolute Gasteiger partial charge is 0.444 e. The maximum absolute atomic E-state index is 12.6.